The van der Waals surface area contributed by atoms with Crippen molar-refractivity contribution in [3.8, 4) is 0 Å². The van der Waals surface area contributed by atoms with Crippen LogP contribution in [0.4, 0.5) is 0 Å². The molecule has 0 bridgehead atoms. The molecule has 1 atom stereocenters. The average molecular weight is 281 g/mol. The maximum absolute atomic E-state index is 5.59. The number of rotatable bonds is 6. The molecule has 0 radical (unpaired) electrons. The van der Waals surface area contributed by atoms with Gasteiger partial charge in [0.2, 0.25) is 0 Å². The Labute approximate surface area is 124 Å². The number of benzene rings is 1. The van der Waals surface area contributed by atoms with Crippen LogP contribution in [-0.2, 0) is 13.1 Å². The first-order valence-electron chi connectivity index (χ1n) is 7.19. The van der Waals surface area contributed by atoms with Crippen LogP contribution in [0, 0.1) is 0 Å². The molecule has 0 aliphatic heterocycles. The first-order valence-corrected chi connectivity index (χ1v) is 7.19. The van der Waals surface area contributed by atoms with Crippen molar-refractivity contribution in [2.24, 2.45) is 0 Å². The van der Waals surface area contributed by atoms with Crippen LogP contribution in [0.2, 0.25) is 0 Å². The number of aromatic nitrogens is 2. The molecular formula is C17H19N3O. The molecule has 0 aliphatic carbocycles. The quantitative estimate of drug-likeness (QED) is 0.753. The third kappa shape index (κ3) is 3.06. The summed E-state index contributed by atoms with van der Waals surface area (Å²) in [7, 11) is 0. The van der Waals surface area contributed by atoms with E-state index in [4.69, 9.17) is 4.42 Å². The normalized spacial score (nSPS) is 12.4. The maximum atomic E-state index is 5.59. The van der Waals surface area contributed by atoms with Gasteiger partial charge in [0.15, 0.2) is 0 Å². The predicted molar refractivity (Wildman–Crippen MR) is 81.7 cm³/mol. The van der Waals surface area contributed by atoms with Crippen molar-refractivity contribution < 1.29 is 4.42 Å². The van der Waals surface area contributed by atoms with E-state index < -0.39 is 0 Å². The molecule has 0 spiro atoms. The van der Waals surface area contributed by atoms with Crippen molar-refractivity contribution in [3.05, 3.63) is 78.3 Å². The molecule has 2 aromatic heterocycles. The van der Waals surface area contributed by atoms with Crippen LogP contribution in [0.15, 0.2) is 65.7 Å². The number of imidazole rings is 1. The van der Waals surface area contributed by atoms with Crippen molar-refractivity contribution in [3.63, 3.8) is 0 Å². The van der Waals surface area contributed by atoms with E-state index in [2.05, 4.69) is 33.9 Å². The Kier molecular flexibility index (Phi) is 4.17. The summed E-state index contributed by atoms with van der Waals surface area (Å²) in [5.74, 6) is 0.920. The van der Waals surface area contributed by atoms with Gasteiger partial charge in [0, 0.05) is 19.3 Å². The van der Waals surface area contributed by atoms with Gasteiger partial charge in [-0.1, -0.05) is 30.3 Å². The van der Waals surface area contributed by atoms with Gasteiger partial charge in [-0.25, -0.2) is 4.98 Å². The summed E-state index contributed by atoms with van der Waals surface area (Å²) in [5, 5.41) is 3.56. The smallest absolute Gasteiger partial charge is 0.125 e. The van der Waals surface area contributed by atoms with Crippen molar-refractivity contribution in [2.75, 3.05) is 0 Å². The molecule has 4 nitrogen and oxygen atoms in total. The molecule has 1 aromatic carbocycles. The van der Waals surface area contributed by atoms with E-state index in [1.54, 1.807) is 6.26 Å². The molecule has 0 aliphatic rings. The van der Waals surface area contributed by atoms with Crippen LogP contribution in [0.1, 0.15) is 30.0 Å². The van der Waals surface area contributed by atoms with Gasteiger partial charge >= 0.3 is 0 Å². The first kappa shape index (κ1) is 13.6. The third-order valence-electron chi connectivity index (χ3n) is 3.59. The minimum atomic E-state index is 0.0430. The highest BCUT2D eigenvalue weighted by Gasteiger charge is 2.16. The minimum Gasteiger partial charge on any atom is -0.467 e. The summed E-state index contributed by atoms with van der Waals surface area (Å²) in [6.07, 6.45) is 5.48. The number of furan rings is 1. The number of hydrogen-bond donors (Lipinski definition) is 1. The highest BCUT2D eigenvalue weighted by molar-refractivity contribution is 5.26. The number of aryl methyl sites for hydroxylation is 1. The lowest BCUT2D eigenvalue weighted by Gasteiger charge is -2.17. The summed E-state index contributed by atoms with van der Waals surface area (Å²) in [5.41, 5.74) is 2.36. The Morgan fingerprint density at radius 3 is 2.76 bits per heavy atom. The molecular weight excluding hydrogens is 262 g/mol. The van der Waals surface area contributed by atoms with Crippen LogP contribution >= 0.6 is 0 Å². The van der Waals surface area contributed by atoms with Crippen LogP contribution < -0.4 is 5.32 Å². The molecule has 1 unspecified atom stereocenters. The summed E-state index contributed by atoms with van der Waals surface area (Å²) in [6, 6.07) is 14.3. The lowest BCUT2D eigenvalue weighted by atomic mass is 10.0. The Hall–Kier alpha value is -2.33. The first-order chi connectivity index (χ1) is 10.4. The second kappa shape index (κ2) is 6.41. The number of hydrogen-bond acceptors (Lipinski definition) is 3. The zero-order valence-corrected chi connectivity index (χ0v) is 12.1. The van der Waals surface area contributed by atoms with Gasteiger partial charge in [-0.3, -0.25) is 5.32 Å². The largest absolute Gasteiger partial charge is 0.467 e. The summed E-state index contributed by atoms with van der Waals surface area (Å²) >= 11 is 0. The minimum absolute atomic E-state index is 0.0430. The van der Waals surface area contributed by atoms with E-state index in [0.717, 1.165) is 18.8 Å². The lowest BCUT2D eigenvalue weighted by molar-refractivity contribution is 0.441. The van der Waals surface area contributed by atoms with E-state index in [1.807, 2.05) is 42.9 Å². The third-order valence-corrected chi connectivity index (χ3v) is 3.59. The number of nitrogens with one attached hydrogen (secondary N) is 1. The zero-order chi connectivity index (χ0) is 14.5. The molecule has 3 aromatic rings. The van der Waals surface area contributed by atoms with Gasteiger partial charge in [0.05, 0.1) is 24.3 Å². The van der Waals surface area contributed by atoms with Gasteiger partial charge in [-0.05, 0) is 24.6 Å². The summed E-state index contributed by atoms with van der Waals surface area (Å²) < 4.78 is 7.73. The Bertz CT molecular complexity index is 658. The topological polar surface area (TPSA) is 43.0 Å². The van der Waals surface area contributed by atoms with Crippen LogP contribution in [0.3, 0.4) is 0 Å². The molecule has 3 rings (SSSR count). The molecule has 108 valence electrons. The van der Waals surface area contributed by atoms with Gasteiger partial charge in [-0.2, -0.15) is 0 Å². The molecule has 0 saturated carbocycles. The molecule has 21 heavy (non-hydrogen) atoms. The molecule has 0 amide bonds. The molecule has 2 heterocycles. The summed E-state index contributed by atoms with van der Waals surface area (Å²) in [6.45, 7) is 3.79. The maximum Gasteiger partial charge on any atom is 0.125 e. The zero-order valence-electron chi connectivity index (χ0n) is 12.1. The van der Waals surface area contributed by atoms with Gasteiger partial charge in [-0.15, -0.1) is 0 Å². The van der Waals surface area contributed by atoms with E-state index in [1.165, 1.54) is 11.3 Å². The van der Waals surface area contributed by atoms with Crippen molar-refractivity contribution in [1.29, 1.82) is 0 Å². The van der Waals surface area contributed by atoms with Crippen molar-refractivity contribution >= 4 is 0 Å². The average Bonchev–Trinajstić information content (AvgIpc) is 3.20. The fraction of sp³-hybridized carbons (Fsp3) is 0.235. The summed E-state index contributed by atoms with van der Waals surface area (Å²) in [4.78, 5) is 4.21. The highest BCUT2D eigenvalue weighted by atomic mass is 16.3. The number of nitrogens with zero attached hydrogens (tertiary/aromatic N) is 2. The highest BCUT2D eigenvalue weighted by Crippen LogP contribution is 2.22. The standard InChI is InChI=1S/C17H19N3O/c1-2-20-13-18-11-15(20)12-19-17(16-9-6-10-21-16)14-7-4-3-5-8-14/h3-11,13,17,19H,2,12H2,1H3. The van der Waals surface area contributed by atoms with Gasteiger partial charge < -0.3 is 8.98 Å². The molecule has 4 heteroatoms. The van der Waals surface area contributed by atoms with E-state index in [-0.39, 0.29) is 6.04 Å². The van der Waals surface area contributed by atoms with Gasteiger partial charge in [0.25, 0.3) is 0 Å². The van der Waals surface area contributed by atoms with E-state index in [9.17, 15) is 0 Å². The molecule has 0 fully saturated rings. The fourth-order valence-corrected chi connectivity index (χ4v) is 2.47. The monoisotopic (exact) mass is 281 g/mol. The van der Waals surface area contributed by atoms with E-state index >= 15 is 0 Å². The van der Waals surface area contributed by atoms with E-state index in [0.29, 0.717) is 0 Å². The SMILES string of the molecule is CCn1cncc1CNC(c1ccccc1)c1ccco1. The molecule has 0 saturated heterocycles. The van der Waals surface area contributed by atoms with Crippen LogP contribution in [0.25, 0.3) is 0 Å². The second-order valence-electron chi connectivity index (χ2n) is 4.91. The van der Waals surface area contributed by atoms with Crippen LogP contribution in [-0.4, -0.2) is 9.55 Å². The van der Waals surface area contributed by atoms with Crippen LogP contribution in [0.5, 0.6) is 0 Å². The molecule has 1 N–H and O–H groups in total. The van der Waals surface area contributed by atoms with Gasteiger partial charge in [0.1, 0.15) is 5.76 Å². The lowest BCUT2D eigenvalue weighted by Crippen LogP contribution is -2.23. The Morgan fingerprint density at radius 1 is 1.19 bits per heavy atom. The Morgan fingerprint density at radius 2 is 2.05 bits per heavy atom. The second-order valence-corrected chi connectivity index (χ2v) is 4.91. The fourth-order valence-electron chi connectivity index (χ4n) is 2.47. The Balaban J connectivity index is 1.80. The van der Waals surface area contributed by atoms with Crippen molar-refractivity contribution in [1.82, 2.24) is 14.9 Å². The predicted octanol–water partition coefficient (Wildman–Crippen LogP) is 3.38. The van der Waals surface area contributed by atoms with Crippen molar-refractivity contribution in [2.45, 2.75) is 26.1 Å².